The number of rotatable bonds is 7. The molecule has 4 unspecified atom stereocenters. The Labute approximate surface area is 169 Å². The predicted octanol–water partition coefficient (Wildman–Crippen LogP) is 3.58. The molecule has 1 amide bonds. The molecule has 0 radical (unpaired) electrons. The Morgan fingerprint density at radius 1 is 1.33 bits per heavy atom. The molecule has 4 nitrogen and oxygen atoms in total. The first-order valence-corrected chi connectivity index (χ1v) is 10.3. The number of amides is 1. The van der Waals surface area contributed by atoms with Gasteiger partial charge in [0.2, 0.25) is 5.91 Å². The quantitative estimate of drug-likeness (QED) is 0.745. The van der Waals surface area contributed by atoms with Gasteiger partial charge in [0, 0.05) is 6.54 Å². The molecule has 1 aromatic carbocycles. The van der Waals surface area contributed by atoms with E-state index in [1.54, 1.807) is 7.11 Å². The van der Waals surface area contributed by atoms with Crippen LogP contribution in [0.2, 0.25) is 0 Å². The van der Waals surface area contributed by atoms with E-state index >= 15 is 0 Å². The lowest BCUT2D eigenvalue weighted by atomic mass is 9.68. The summed E-state index contributed by atoms with van der Waals surface area (Å²) in [5.41, 5.74) is 1.02. The van der Waals surface area contributed by atoms with Gasteiger partial charge in [0.05, 0.1) is 12.5 Å². The fourth-order valence-corrected chi connectivity index (χ4v) is 5.69. The highest BCUT2D eigenvalue weighted by atomic mass is 35.5. The first-order valence-electron chi connectivity index (χ1n) is 10.3. The maximum absolute atomic E-state index is 13.3. The second kappa shape index (κ2) is 8.83. The number of fused-ring (bicyclic) bond motifs is 2. The molecule has 2 bridgehead atoms. The highest BCUT2D eigenvalue weighted by Crippen LogP contribution is 2.57. The molecule has 0 aromatic heterocycles. The molecule has 2 saturated carbocycles. The van der Waals surface area contributed by atoms with E-state index in [1.807, 2.05) is 12.1 Å². The van der Waals surface area contributed by atoms with Gasteiger partial charge in [-0.2, -0.15) is 0 Å². The van der Waals surface area contributed by atoms with Crippen molar-refractivity contribution in [2.24, 2.45) is 23.2 Å². The van der Waals surface area contributed by atoms with Crippen LogP contribution < -0.4 is 15.4 Å². The Hall–Kier alpha value is -1.26. The number of benzene rings is 1. The Morgan fingerprint density at radius 3 is 2.89 bits per heavy atom. The van der Waals surface area contributed by atoms with Crippen LogP contribution in [0.4, 0.5) is 0 Å². The van der Waals surface area contributed by atoms with Crippen LogP contribution in [0.5, 0.6) is 5.75 Å². The van der Waals surface area contributed by atoms with E-state index in [4.69, 9.17) is 4.74 Å². The minimum atomic E-state index is -0.205. The Morgan fingerprint density at radius 2 is 2.22 bits per heavy atom. The minimum absolute atomic E-state index is 0. The van der Waals surface area contributed by atoms with Crippen LogP contribution in [0, 0.1) is 23.2 Å². The summed E-state index contributed by atoms with van der Waals surface area (Å²) in [6, 6.07) is 8.27. The molecule has 3 aliphatic rings. The van der Waals surface area contributed by atoms with Gasteiger partial charge in [0.1, 0.15) is 5.75 Å². The first kappa shape index (κ1) is 20.5. The Kier molecular flexibility index (Phi) is 6.69. The van der Waals surface area contributed by atoms with Gasteiger partial charge in [0.25, 0.3) is 0 Å². The molecule has 27 heavy (non-hydrogen) atoms. The Balaban J connectivity index is 0.00000210. The topological polar surface area (TPSA) is 50.4 Å². The number of carbonyl (C=O) groups is 1. The largest absolute Gasteiger partial charge is 0.497 e. The van der Waals surface area contributed by atoms with E-state index in [-0.39, 0.29) is 17.8 Å². The van der Waals surface area contributed by atoms with Crippen LogP contribution >= 0.6 is 12.4 Å². The fraction of sp³-hybridized carbons (Fsp3) is 0.682. The first-order chi connectivity index (χ1) is 12.7. The standard InChI is InChI=1S/C22H32N2O2.ClH/c1-26-20-4-2-3-17(12-20)13-22(14-18-5-6-19(22)11-18)21(25)24-10-8-16-7-9-23-15-16;/h2-4,12,16,18-19,23H,5-11,13-15H2,1H3,(H,24,25);1H. The molecule has 1 aromatic rings. The number of nitrogens with one attached hydrogen (secondary N) is 2. The van der Waals surface area contributed by atoms with Crippen LogP contribution in [-0.4, -0.2) is 32.7 Å². The van der Waals surface area contributed by atoms with Crippen molar-refractivity contribution in [2.45, 2.75) is 44.9 Å². The van der Waals surface area contributed by atoms with Gasteiger partial charge in [-0.15, -0.1) is 12.4 Å². The summed E-state index contributed by atoms with van der Waals surface area (Å²) in [6.07, 6.45) is 8.02. The van der Waals surface area contributed by atoms with Crippen LogP contribution in [-0.2, 0) is 11.2 Å². The molecule has 150 valence electrons. The third-order valence-electron chi connectivity index (χ3n) is 7.08. The van der Waals surface area contributed by atoms with Crippen LogP contribution in [0.15, 0.2) is 24.3 Å². The zero-order chi connectivity index (χ0) is 18.0. The number of hydrogen-bond acceptors (Lipinski definition) is 3. The van der Waals surface area contributed by atoms with Crippen molar-refractivity contribution < 1.29 is 9.53 Å². The third kappa shape index (κ3) is 4.27. The van der Waals surface area contributed by atoms with Gasteiger partial charge >= 0.3 is 0 Å². The zero-order valence-electron chi connectivity index (χ0n) is 16.3. The van der Waals surface area contributed by atoms with Gasteiger partial charge in [0.15, 0.2) is 0 Å². The van der Waals surface area contributed by atoms with Gasteiger partial charge < -0.3 is 15.4 Å². The summed E-state index contributed by atoms with van der Waals surface area (Å²) in [5, 5.41) is 6.74. The normalized spacial score (nSPS) is 31.5. The van der Waals surface area contributed by atoms with Gasteiger partial charge in [-0.1, -0.05) is 18.6 Å². The maximum Gasteiger partial charge on any atom is 0.226 e. The molecule has 2 N–H and O–H groups in total. The number of carbonyl (C=O) groups excluding carboxylic acids is 1. The van der Waals surface area contributed by atoms with Crippen LogP contribution in [0.25, 0.3) is 0 Å². The summed E-state index contributed by atoms with van der Waals surface area (Å²) >= 11 is 0. The van der Waals surface area contributed by atoms with E-state index in [1.165, 1.54) is 31.2 Å². The lowest BCUT2D eigenvalue weighted by Gasteiger charge is -2.36. The smallest absolute Gasteiger partial charge is 0.226 e. The van der Waals surface area contributed by atoms with E-state index in [2.05, 4.69) is 22.8 Å². The Bertz CT molecular complexity index is 647. The van der Waals surface area contributed by atoms with E-state index in [0.717, 1.165) is 56.5 Å². The molecule has 5 heteroatoms. The van der Waals surface area contributed by atoms with E-state index in [0.29, 0.717) is 11.8 Å². The van der Waals surface area contributed by atoms with Crippen molar-refractivity contribution in [2.75, 3.05) is 26.7 Å². The average Bonchev–Trinajstić information content (AvgIpc) is 3.39. The summed E-state index contributed by atoms with van der Waals surface area (Å²) in [4.78, 5) is 13.3. The molecular formula is C22H33ClN2O2. The lowest BCUT2D eigenvalue weighted by molar-refractivity contribution is -0.134. The van der Waals surface area contributed by atoms with Gasteiger partial charge in [-0.3, -0.25) is 4.79 Å². The molecule has 3 fully saturated rings. The SMILES string of the molecule is COc1cccc(CC2(C(=O)NCCC3CCNC3)CC3CCC2C3)c1.Cl. The number of ether oxygens (including phenoxy) is 1. The van der Waals surface area contributed by atoms with Crippen molar-refractivity contribution in [3.63, 3.8) is 0 Å². The predicted molar refractivity (Wildman–Crippen MR) is 110 cm³/mol. The van der Waals surface area contributed by atoms with Crippen molar-refractivity contribution in [3.05, 3.63) is 29.8 Å². The second-order valence-electron chi connectivity index (χ2n) is 8.67. The minimum Gasteiger partial charge on any atom is -0.497 e. The van der Waals surface area contributed by atoms with Gasteiger partial charge in [-0.25, -0.2) is 0 Å². The molecular weight excluding hydrogens is 360 g/mol. The van der Waals surface area contributed by atoms with E-state index in [9.17, 15) is 4.79 Å². The highest BCUT2D eigenvalue weighted by molar-refractivity contribution is 5.85. The molecule has 1 heterocycles. The molecule has 4 atom stereocenters. The second-order valence-corrected chi connectivity index (χ2v) is 8.67. The molecule has 2 aliphatic carbocycles. The highest BCUT2D eigenvalue weighted by Gasteiger charge is 2.55. The molecule has 0 spiro atoms. The summed E-state index contributed by atoms with van der Waals surface area (Å²) in [6.45, 7) is 3.06. The van der Waals surface area contributed by atoms with Crippen LogP contribution in [0.3, 0.4) is 0 Å². The molecule has 4 rings (SSSR count). The van der Waals surface area contributed by atoms with Crippen molar-refractivity contribution in [1.82, 2.24) is 10.6 Å². The number of methoxy groups -OCH3 is 1. The van der Waals surface area contributed by atoms with Crippen LogP contribution in [0.1, 0.15) is 44.1 Å². The summed E-state index contributed by atoms with van der Waals surface area (Å²) < 4.78 is 5.39. The molecule has 1 saturated heterocycles. The third-order valence-corrected chi connectivity index (χ3v) is 7.08. The summed E-state index contributed by atoms with van der Waals surface area (Å²) in [7, 11) is 1.71. The fourth-order valence-electron chi connectivity index (χ4n) is 5.69. The molecule has 1 aliphatic heterocycles. The van der Waals surface area contributed by atoms with Gasteiger partial charge in [-0.05, 0) is 87.1 Å². The zero-order valence-corrected chi connectivity index (χ0v) is 17.2. The summed E-state index contributed by atoms with van der Waals surface area (Å²) in [5.74, 6) is 3.21. The van der Waals surface area contributed by atoms with Crippen molar-refractivity contribution in [3.8, 4) is 5.75 Å². The average molecular weight is 393 g/mol. The van der Waals surface area contributed by atoms with Crippen molar-refractivity contribution >= 4 is 18.3 Å². The number of hydrogen-bond donors (Lipinski definition) is 2. The van der Waals surface area contributed by atoms with Crippen molar-refractivity contribution in [1.29, 1.82) is 0 Å². The monoisotopic (exact) mass is 392 g/mol. The maximum atomic E-state index is 13.3. The van der Waals surface area contributed by atoms with E-state index < -0.39 is 0 Å². The number of halogens is 1. The lowest BCUT2D eigenvalue weighted by Crippen LogP contribution is -2.46.